The summed E-state index contributed by atoms with van der Waals surface area (Å²) in [6.45, 7) is 8.93. The van der Waals surface area contributed by atoms with Gasteiger partial charge in [0.25, 0.3) is 0 Å². The van der Waals surface area contributed by atoms with E-state index in [1.54, 1.807) is 0 Å². The summed E-state index contributed by atoms with van der Waals surface area (Å²) in [7, 11) is 2.03. The Kier molecular flexibility index (Phi) is 4.12. The first kappa shape index (κ1) is 14.3. The highest BCUT2D eigenvalue weighted by atomic mass is 32.1. The molecule has 1 nitrogen and oxygen atoms in total. The average Bonchev–Trinajstić information content (AvgIpc) is 2.76. The van der Waals surface area contributed by atoms with E-state index in [9.17, 15) is 0 Å². The summed E-state index contributed by atoms with van der Waals surface area (Å²) in [5, 5.41) is 5.60. The van der Waals surface area contributed by atoms with Gasteiger partial charge in [-0.3, -0.25) is 0 Å². The molecule has 0 radical (unpaired) electrons. The van der Waals surface area contributed by atoms with E-state index in [0.717, 1.165) is 0 Å². The second-order valence-electron chi connectivity index (χ2n) is 6.06. The maximum atomic E-state index is 3.43. The Balaban J connectivity index is 2.33. The van der Waals surface area contributed by atoms with Gasteiger partial charge in [-0.15, -0.1) is 11.3 Å². The molecule has 19 heavy (non-hydrogen) atoms. The molecule has 1 aromatic carbocycles. The largest absolute Gasteiger partial charge is 0.309 e. The van der Waals surface area contributed by atoms with Crippen molar-refractivity contribution in [1.82, 2.24) is 5.32 Å². The normalized spacial score (nSPS) is 13.5. The molecule has 0 aliphatic heterocycles. The molecule has 1 aromatic heterocycles. The predicted octanol–water partition coefficient (Wildman–Crippen LogP) is 4.66. The van der Waals surface area contributed by atoms with E-state index in [0.29, 0.717) is 6.04 Å². The highest BCUT2D eigenvalue weighted by Crippen LogP contribution is 2.30. The summed E-state index contributed by atoms with van der Waals surface area (Å²) in [6.07, 6.45) is 0. The second-order valence-corrected chi connectivity index (χ2v) is 7.01. The molecule has 0 bridgehead atoms. The van der Waals surface area contributed by atoms with Crippen LogP contribution in [0.2, 0.25) is 0 Å². The van der Waals surface area contributed by atoms with E-state index in [1.807, 2.05) is 18.4 Å². The number of nitrogens with one attached hydrogen (secondary N) is 1. The van der Waals surface area contributed by atoms with Gasteiger partial charge in [-0.25, -0.2) is 0 Å². The van der Waals surface area contributed by atoms with Crippen molar-refractivity contribution in [3.63, 3.8) is 0 Å². The van der Waals surface area contributed by atoms with Gasteiger partial charge >= 0.3 is 0 Å². The van der Waals surface area contributed by atoms with Crippen molar-refractivity contribution in [1.29, 1.82) is 0 Å². The number of benzene rings is 1. The van der Waals surface area contributed by atoms with Gasteiger partial charge in [-0.1, -0.05) is 45.0 Å². The number of aryl methyl sites for hydroxylation is 1. The lowest BCUT2D eigenvalue weighted by Crippen LogP contribution is -2.18. The summed E-state index contributed by atoms with van der Waals surface area (Å²) in [4.78, 5) is 1.41. The molecule has 1 N–H and O–H groups in total. The molecule has 1 atom stereocenters. The second kappa shape index (κ2) is 5.48. The van der Waals surface area contributed by atoms with Crippen LogP contribution >= 0.6 is 11.3 Å². The molecule has 1 heterocycles. The molecule has 0 aliphatic carbocycles. The van der Waals surface area contributed by atoms with Crippen molar-refractivity contribution < 1.29 is 0 Å². The van der Waals surface area contributed by atoms with Crippen LogP contribution < -0.4 is 5.32 Å². The van der Waals surface area contributed by atoms with Gasteiger partial charge in [0.1, 0.15) is 0 Å². The predicted molar refractivity (Wildman–Crippen MR) is 85.1 cm³/mol. The lowest BCUT2D eigenvalue weighted by atomic mass is 9.86. The van der Waals surface area contributed by atoms with Crippen LogP contribution in [0, 0.1) is 6.92 Å². The van der Waals surface area contributed by atoms with E-state index in [-0.39, 0.29) is 5.41 Å². The molecule has 0 spiro atoms. The van der Waals surface area contributed by atoms with Gasteiger partial charge in [0.15, 0.2) is 0 Å². The zero-order chi connectivity index (χ0) is 14.0. The first-order valence-electron chi connectivity index (χ1n) is 6.75. The zero-order valence-electron chi connectivity index (χ0n) is 12.4. The van der Waals surface area contributed by atoms with E-state index < -0.39 is 0 Å². The first-order valence-corrected chi connectivity index (χ1v) is 7.63. The Morgan fingerprint density at radius 1 is 1.05 bits per heavy atom. The van der Waals surface area contributed by atoms with Crippen LogP contribution in [0.5, 0.6) is 0 Å². The van der Waals surface area contributed by atoms with Crippen LogP contribution in [0.15, 0.2) is 35.7 Å². The quantitative estimate of drug-likeness (QED) is 0.857. The van der Waals surface area contributed by atoms with Crippen LogP contribution in [-0.2, 0) is 5.41 Å². The molecule has 0 saturated heterocycles. The molecule has 0 saturated carbocycles. The van der Waals surface area contributed by atoms with Gasteiger partial charge in [0, 0.05) is 4.88 Å². The standard InChI is InChI=1S/C17H23NS/c1-12-10-11-19-16(12)15(18-5)13-6-8-14(9-7-13)17(2,3)4/h6-11,15,18H,1-5H3. The lowest BCUT2D eigenvalue weighted by Gasteiger charge is -2.21. The maximum Gasteiger partial charge on any atom is 0.0671 e. The Bertz CT molecular complexity index is 531. The van der Waals surface area contributed by atoms with Crippen molar-refractivity contribution in [3.8, 4) is 0 Å². The summed E-state index contributed by atoms with van der Waals surface area (Å²) < 4.78 is 0. The Hall–Kier alpha value is -1.12. The average molecular weight is 273 g/mol. The minimum absolute atomic E-state index is 0.215. The van der Waals surface area contributed by atoms with Gasteiger partial charge in [0.2, 0.25) is 0 Å². The highest BCUT2D eigenvalue weighted by molar-refractivity contribution is 7.10. The van der Waals surface area contributed by atoms with E-state index in [2.05, 4.69) is 68.7 Å². The molecule has 102 valence electrons. The fourth-order valence-corrected chi connectivity index (χ4v) is 3.37. The Morgan fingerprint density at radius 2 is 1.68 bits per heavy atom. The third-order valence-electron chi connectivity index (χ3n) is 3.56. The first-order chi connectivity index (χ1) is 8.93. The third kappa shape index (κ3) is 3.07. The van der Waals surface area contributed by atoms with Gasteiger partial charge < -0.3 is 5.32 Å². The molecule has 1 unspecified atom stereocenters. The van der Waals surface area contributed by atoms with Crippen molar-refractivity contribution in [2.45, 2.75) is 39.2 Å². The van der Waals surface area contributed by atoms with Crippen molar-refractivity contribution in [2.24, 2.45) is 0 Å². The Labute approximate surface area is 120 Å². The van der Waals surface area contributed by atoms with Gasteiger partial charge in [-0.05, 0) is 47.5 Å². The topological polar surface area (TPSA) is 12.0 Å². The van der Waals surface area contributed by atoms with Crippen LogP contribution in [0.25, 0.3) is 0 Å². The zero-order valence-corrected chi connectivity index (χ0v) is 13.3. The minimum atomic E-state index is 0.215. The number of hydrogen-bond acceptors (Lipinski definition) is 2. The van der Waals surface area contributed by atoms with Crippen LogP contribution in [0.3, 0.4) is 0 Å². The highest BCUT2D eigenvalue weighted by Gasteiger charge is 2.17. The summed E-state index contributed by atoms with van der Waals surface area (Å²) in [6, 6.07) is 11.5. The molecule has 0 amide bonds. The lowest BCUT2D eigenvalue weighted by molar-refractivity contribution is 0.589. The molecule has 2 rings (SSSR count). The van der Waals surface area contributed by atoms with E-state index in [1.165, 1.54) is 21.6 Å². The molecular weight excluding hydrogens is 250 g/mol. The van der Waals surface area contributed by atoms with Crippen molar-refractivity contribution in [3.05, 3.63) is 57.3 Å². The third-order valence-corrected chi connectivity index (χ3v) is 4.65. The van der Waals surface area contributed by atoms with E-state index >= 15 is 0 Å². The van der Waals surface area contributed by atoms with E-state index in [4.69, 9.17) is 0 Å². The van der Waals surface area contributed by atoms with Gasteiger partial charge in [-0.2, -0.15) is 0 Å². The fourth-order valence-electron chi connectivity index (χ4n) is 2.30. The number of thiophene rings is 1. The fraction of sp³-hybridized carbons (Fsp3) is 0.412. The van der Waals surface area contributed by atoms with Crippen molar-refractivity contribution >= 4 is 11.3 Å². The van der Waals surface area contributed by atoms with Crippen LogP contribution in [0.4, 0.5) is 0 Å². The summed E-state index contributed by atoms with van der Waals surface area (Å²) in [5.41, 5.74) is 4.30. The number of hydrogen-bond donors (Lipinski definition) is 1. The van der Waals surface area contributed by atoms with Crippen molar-refractivity contribution in [2.75, 3.05) is 7.05 Å². The molecule has 0 fully saturated rings. The van der Waals surface area contributed by atoms with Crippen LogP contribution in [0.1, 0.15) is 48.4 Å². The Morgan fingerprint density at radius 3 is 2.11 bits per heavy atom. The number of rotatable bonds is 3. The molecule has 0 aliphatic rings. The smallest absolute Gasteiger partial charge is 0.0671 e. The SMILES string of the molecule is CNC(c1ccc(C(C)(C)C)cc1)c1sccc1C. The van der Waals surface area contributed by atoms with Crippen LogP contribution in [-0.4, -0.2) is 7.05 Å². The molecule has 2 aromatic rings. The maximum absolute atomic E-state index is 3.43. The molecular formula is C17H23NS. The minimum Gasteiger partial charge on any atom is -0.309 e. The summed E-state index contributed by atoms with van der Waals surface area (Å²) in [5.74, 6) is 0. The summed E-state index contributed by atoms with van der Waals surface area (Å²) >= 11 is 1.82. The molecule has 2 heteroatoms. The van der Waals surface area contributed by atoms with Gasteiger partial charge in [0.05, 0.1) is 6.04 Å². The monoisotopic (exact) mass is 273 g/mol.